The van der Waals surface area contributed by atoms with Crippen molar-refractivity contribution in [2.45, 2.75) is 32.3 Å². The summed E-state index contributed by atoms with van der Waals surface area (Å²) in [5.74, 6) is -1.07. The molecule has 0 fully saturated rings. The van der Waals surface area contributed by atoms with Crippen molar-refractivity contribution in [3.63, 3.8) is 0 Å². The second kappa shape index (κ2) is 7.13. The number of aliphatic hydroxyl groups excluding tert-OH is 1. The molecule has 1 aliphatic carbocycles. The van der Waals surface area contributed by atoms with E-state index in [0.717, 1.165) is 27.4 Å². The zero-order valence-electron chi connectivity index (χ0n) is 16.3. The number of aliphatic hydroxyl groups is 1. The molecule has 2 heterocycles. The Morgan fingerprint density at radius 3 is 2.62 bits per heavy atom. The number of rotatable bonds is 4. The zero-order chi connectivity index (χ0) is 20.8. The first kappa shape index (κ1) is 19.4. The fourth-order valence-corrected chi connectivity index (χ4v) is 4.49. The molecule has 0 radical (unpaired) electrons. The van der Waals surface area contributed by atoms with Crippen molar-refractivity contribution in [1.29, 1.82) is 0 Å². The first-order valence-corrected chi connectivity index (χ1v) is 10.1. The molecule has 1 unspecified atom stereocenters. The summed E-state index contributed by atoms with van der Waals surface area (Å²) in [4.78, 5) is 16.5. The number of hydrogen-bond acceptors (Lipinski definition) is 5. The highest BCUT2D eigenvalue weighted by Crippen LogP contribution is 2.45. The van der Waals surface area contributed by atoms with Gasteiger partial charge in [-0.05, 0) is 29.3 Å². The van der Waals surface area contributed by atoms with Crippen molar-refractivity contribution in [3.8, 4) is 21.7 Å². The Kier molecular flexibility index (Phi) is 4.76. The number of aromatic nitrogens is 1. The summed E-state index contributed by atoms with van der Waals surface area (Å²) >= 11 is 1.51. The van der Waals surface area contributed by atoms with Crippen molar-refractivity contribution in [3.05, 3.63) is 76.7 Å². The molecule has 4 rings (SSSR count). The van der Waals surface area contributed by atoms with Gasteiger partial charge in [0.25, 0.3) is 0 Å². The summed E-state index contributed by atoms with van der Waals surface area (Å²) in [6.07, 6.45) is 2.06. The average molecular weight is 407 g/mol. The molecule has 1 aliphatic heterocycles. The summed E-state index contributed by atoms with van der Waals surface area (Å²) in [6, 6.07) is 10.3. The molecule has 6 heteroatoms. The van der Waals surface area contributed by atoms with Crippen LogP contribution in [0.15, 0.2) is 58.7 Å². The average Bonchev–Trinajstić information content (AvgIpc) is 3.32. The van der Waals surface area contributed by atoms with Crippen LogP contribution in [0.1, 0.15) is 54.1 Å². The van der Waals surface area contributed by atoms with Crippen molar-refractivity contribution in [2.24, 2.45) is 0 Å². The molecule has 0 saturated heterocycles. The third-order valence-corrected chi connectivity index (χ3v) is 5.84. The third-order valence-electron chi connectivity index (χ3n) is 4.96. The quantitative estimate of drug-likeness (QED) is 0.461. The molecule has 2 aromatic rings. The Morgan fingerprint density at radius 2 is 1.93 bits per heavy atom. The van der Waals surface area contributed by atoms with E-state index in [0.29, 0.717) is 11.1 Å². The van der Waals surface area contributed by atoms with E-state index in [1.165, 1.54) is 17.4 Å². The van der Waals surface area contributed by atoms with E-state index in [1.54, 1.807) is 36.8 Å². The number of carboxylic acid groups (broad SMARTS) is 1. The number of carboxylic acids is 1. The van der Waals surface area contributed by atoms with E-state index in [-0.39, 0.29) is 11.0 Å². The topological polar surface area (TPSA) is 83.6 Å². The van der Waals surface area contributed by atoms with E-state index in [1.807, 2.05) is 11.4 Å². The minimum absolute atomic E-state index is 0.0791. The van der Waals surface area contributed by atoms with Crippen LogP contribution in [0.4, 0.5) is 0 Å². The van der Waals surface area contributed by atoms with Crippen LogP contribution in [0.2, 0.25) is 0 Å². The Bertz CT molecular complexity index is 1150. The van der Waals surface area contributed by atoms with E-state index in [9.17, 15) is 15.0 Å². The molecule has 29 heavy (non-hydrogen) atoms. The van der Waals surface area contributed by atoms with Crippen molar-refractivity contribution < 1.29 is 19.4 Å². The molecule has 5 nitrogen and oxygen atoms in total. The van der Waals surface area contributed by atoms with Crippen LogP contribution < -0.4 is 0 Å². The Morgan fingerprint density at radius 1 is 1.17 bits per heavy atom. The molecule has 0 amide bonds. The molecular formula is C23H21NO4S. The highest BCUT2D eigenvalue weighted by Gasteiger charge is 2.29. The lowest BCUT2D eigenvalue weighted by atomic mass is 9.92. The van der Waals surface area contributed by atoms with Crippen LogP contribution in [-0.2, 0) is 5.41 Å². The number of fused-ring (bicyclic) bond motifs is 1. The lowest BCUT2D eigenvalue weighted by molar-refractivity contribution is 0.0691. The number of hydrogen-bond donors (Lipinski definition) is 2. The maximum atomic E-state index is 11.7. The number of nitrogens with zero attached hydrogens (tertiary/aromatic N) is 1. The predicted molar refractivity (Wildman–Crippen MR) is 113 cm³/mol. The van der Waals surface area contributed by atoms with Gasteiger partial charge >= 0.3 is 5.97 Å². The van der Waals surface area contributed by atoms with Crippen molar-refractivity contribution in [1.82, 2.24) is 4.98 Å². The van der Waals surface area contributed by atoms with Gasteiger partial charge in [-0.1, -0.05) is 39.0 Å². The molecule has 2 aliphatic rings. The van der Waals surface area contributed by atoms with Crippen LogP contribution in [-0.4, -0.2) is 21.2 Å². The Hall–Kier alpha value is -2.96. The third kappa shape index (κ3) is 3.45. The molecule has 0 spiro atoms. The van der Waals surface area contributed by atoms with E-state index in [2.05, 4.69) is 20.8 Å². The molecular weight excluding hydrogens is 386 g/mol. The van der Waals surface area contributed by atoms with Crippen LogP contribution in [0, 0.1) is 0 Å². The minimum Gasteiger partial charge on any atom is -0.478 e. The largest absolute Gasteiger partial charge is 0.478 e. The lowest BCUT2D eigenvalue weighted by Gasteiger charge is -2.17. The zero-order valence-corrected chi connectivity index (χ0v) is 17.2. The number of benzene rings is 1. The van der Waals surface area contributed by atoms with Crippen LogP contribution in [0.5, 0.6) is 0 Å². The molecule has 2 N–H and O–H groups in total. The maximum absolute atomic E-state index is 11.7. The summed E-state index contributed by atoms with van der Waals surface area (Å²) in [6.45, 7) is 6.31. The second-order valence-electron chi connectivity index (χ2n) is 7.98. The molecule has 0 saturated carbocycles. The van der Waals surface area contributed by atoms with Crippen molar-refractivity contribution >= 4 is 17.3 Å². The monoisotopic (exact) mass is 407 g/mol. The number of aromatic carboxylic acids is 1. The Labute approximate surface area is 172 Å². The lowest BCUT2D eigenvalue weighted by Crippen LogP contribution is -2.11. The van der Waals surface area contributed by atoms with Crippen LogP contribution in [0.25, 0.3) is 21.7 Å². The summed E-state index contributed by atoms with van der Waals surface area (Å²) < 4.78 is 5.31. The highest BCUT2D eigenvalue weighted by atomic mass is 32.1. The fraction of sp³-hybridized carbons (Fsp3) is 0.217. The fourth-order valence-electron chi connectivity index (χ4n) is 3.41. The van der Waals surface area contributed by atoms with Gasteiger partial charge in [0, 0.05) is 27.5 Å². The summed E-state index contributed by atoms with van der Waals surface area (Å²) in [5, 5.41) is 23.7. The maximum Gasteiger partial charge on any atom is 0.336 e. The number of carbonyl (C=O) groups is 1. The molecule has 1 atom stereocenters. The van der Waals surface area contributed by atoms with Gasteiger partial charge in [-0.15, -0.1) is 11.3 Å². The molecule has 0 bridgehead atoms. The normalized spacial score (nSPS) is 13.0. The van der Waals surface area contributed by atoms with Gasteiger partial charge in [0.05, 0.1) is 23.8 Å². The van der Waals surface area contributed by atoms with Gasteiger partial charge in [-0.3, -0.25) is 0 Å². The van der Waals surface area contributed by atoms with Gasteiger partial charge in [0.2, 0.25) is 0 Å². The number of thiazole rings is 1. The van der Waals surface area contributed by atoms with Crippen molar-refractivity contribution in [2.75, 3.05) is 0 Å². The standard InChI is InChI=1S/C23H21NO4S/c1-23(2,3)18-12-29-21(24-18)17-10-13-11-28-9-8-14(13)19(17)20(25)15-6-4-5-7-16(15)22(26)27/h4-12,20,25H,1-3H3,(H,26,27). The Balaban J connectivity index is 1.92. The smallest absolute Gasteiger partial charge is 0.336 e. The second-order valence-corrected chi connectivity index (χ2v) is 8.84. The van der Waals surface area contributed by atoms with E-state index in [4.69, 9.17) is 9.40 Å². The SMILES string of the molecule is CC(C)(C)c1csc(-c2cc3coccc-3c2C(O)c2ccccc2C(=O)O)n1. The van der Waals surface area contributed by atoms with Crippen LogP contribution >= 0.6 is 11.3 Å². The molecule has 1 aromatic heterocycles. The summed E-state index contributed by atoms with van der Waals surface area (Å²) in [7, 11) is 0. The predicted octanol–water partition coefficient (Wildman–Crippen LogP) is 5.59. The van der Waals surface area contributed by atoms with E-state index < -0.39 is 12.1 Å². The first-order valence-electron chi connectivity index (χ1n) is 9.23. The van der Waals surface area contributed by atoms with Gasteiger partial charge in [-0.25, -0.2) is 9.78 Å². The van der Waals surface area contributed by atoms with E-state index >= 15 is 0 Å². The van der Waals surface area contributed by atoms with Gasteiger partial charge < -0.3 is 14.6 Å². The summed E-state index contributed by atoms with van der Waals surface area (Å²) in [5.41, 5.74) is 4.37. The van der Waals surface area contributed by atoms with Gasteiger partial charge in [0.15, 0.2) is 0 Å². The van der Waals surface area contributed by atoms with Gasteiger partial charge in [-0.2, -0.15) is 0 Å². The molecule has 1 aromatic carbocycles. The first-order chi connectivity index (χ1) is 13.8. The molecule has 148 valence electrons. The minimum atomic E-state index is -1.11. The van der Waals surface area contributed by atoms with Crippen LogP contribution in [0.3, 0.4) is 0 Å². The van der Waals surface area contributed by atoms with Gasteiger partial charge in [0.1, 0.15) is 11.1 Å². The highest BCUT2D eigenvalue weighted by molar-refractivity contribution is 7.13.